The third-order valence-electron chi connectivity index (χ3n) is 2.92. The maximum absolute atomic E-state index is 5.79. The quantitative estimate of drug-likeness (QED) is 0.443. The minimum Gasteiger partial charge on any atom is -0.191 e. The van der Waals surface area contributed by atoms with Crippen molar-refractivity contribution in [2.45, 2.75) is 43.6 Å². The standard InChI is InChI=1S/C8H14B2S/c1-7(8(9,10)11)5-3-2-4-6-7/h11H,2-6H2,1H3. The topological polar surface area (TPSA) is 0 Å². The molecule has 0 heterocycles. The van der Waals surface area contributed by atoms with Gasteiger partial charge in [-0.2, -0.15) is 12.6 Å². The zero-order valence-corrected chi connectivity index (χ0v) is 8.03. The third-order valence-corrected chi connectivity index (χ3v) is 3.46. The predicted molar refractivity (Wildman–Crippen MR) is 54.4 cm³/mol. The summed E-state index contributed by atoms with van der Waals surface area (Å²) in [6, 6.07) is 0. The lowest BCUT2D eigenvalue weighted by Gasteiger charge is -2.45. The van der Waals surface area contributed by atoms with Crippen molar-refractivity contribution < 1.29 is 0 Å². The fourth-order valence-electron chi connectivity index (χ4n) is 1.73. The zero-order chi connectivity index (χ0) is 8.54. The normalized spacial score (nSPS) is 24.9. The van der Waals surface area contributed by atoms with Crippen LogP contribution in [0.3, 0.4) is 0 Å². The van der Waals surface area contributed by atoms with E-state index in [2.05, 4.69) is 19.6 Å². The van der Waals surface area contributed by atoms with Gasteiger partial charge < -0.3 is 0 Å². The van der Waals surface area contributed by atoms with Crippen molar-refractivity contribution >= 4 is 28.3 Å². The summed E-state index contributed by atoms with van der Waals surface area (Å²) >= 11 is 4.24. The summed E-state index contributed by atoms with van der Waals surface area (Å²) in [7, 11) is 11.6. The summed E-state index contributed by atoms with van der Waals surface area (Å²) in [6.45, 7) is 2.14. The van der Waals surface area contributed by atoms with Crippen LogP contribution >= 0.6 is 12.6 Å². The number of rotatable bonds is 1. The maximum Gasteiger partial charge on any atom is 0.0766 e. The second-order valence-corrected chi connectivity index (χ2v) is 4.69. The van der Waals surface area contributed by atoms with Crippen LogP contribution in [0.2, 0.25) is 0 Å². The molecule has 0 bridgehead atoms. The Morgan fingerprint density at radius 2 is 1.64 bits per heavy atom. The molecular formula is C8H14B2S. The monoisotopic (exact) mass is 164 g/mol. The molecule has 0 aromatic carbocycles. The van der Waals surface area contributed by atoms with Gasteiger partial charge in [-0.05, 0) is 18.3 Å². The zero-order valence-electron chi connectivity index (χ0n) is 7.14. The molecule has 1 aliphatic rings. The molecule has 0 atom stereocenters. The van der Waals surface area contributed by atoms with Gasteiger partial charge in [-0.3, -0.25) is 0 Å². The average Bonchev–Trinajstić information content (AvgIpc) is 1.87. The Balaban J connectivity index is 2.64. The second kappa shape index (κ2) is 3.08. The predicted octanol–water partition coefficient (Wildman–Crippen LogP) is 1.88. The van der Waals surface area contributed by atoms with E-state index in [9.17, 15) is 0 Å². The van der Waals surface area contributed by atoms with E-state index < -0.39 is 4.55 Å². The molecule has 1 saturated carbocycles. The van der Waals surface area contributed by atoms with Crippen molar-refractivity contribution in [3.63, 3.8) is 0 Å². The summed E-state index contributed by atoms with van der Waals surface area (Å²) in [5.41, 5.74) is 0.0361. The van der Waals surface area contributed by atoms with Gasteiger partial charge in [-0.15, -0.1) is 0 Å². The largest absolute Gasteiger partial charge is 0.191 e. The molecule has 58 valence electrons. The molecule has 11 heavy (non-hydrogen) atoms. The summed E-state index contributed by atoms with van der Waals surface area (Å²) in [4.78, 5) is 0. The molecule has 0 nitrogen and oxygen atoms in total. The van der Waals surface area contributed by atoms with Crippen LogP contribution in [-0.4, -0.2) is 20.2 Å². The Bertz CT molecular complexity index is 134. The van der Waals surface area contributed by atoms with Crippen LogP contribution in [0.15, 0.2) is 0 Å². The molecule has 0 aromatic heterocycles. The highest BCUT2D eigenvalue weighted by atomic mass is 32.1. The highest BCUT2D eigenvalue weighted by Crippen LogP contribution is 2.44. The van der Waals surface area contributed by atoms with Crippen molar-refractivity contribution in [3.05, 3.63) is 0 Å². The lowest BCUT2D eigenvalue weighted by Crippen LogP contribution is -2.44. The molecule has 0 unspecified atom stereocenters. The molecule has 0 spiro atoms. The molecule has 0 saturated heterocycles. The van der Waals surface area contributed by atoms with Crippen LogP contribution in [0.1, 0.15) is 39.0 Å². The Morgan fingerprint density at radius 3 is 1.91 bits per heavy atom. The minimum absolute atomic E-state index is 0.0361. The summed E-state index contributed by atoms with van der Waals surface area (Å²) < 4.78 is -0.798. The van der Waals surface area contributed by atoms with Crippen molar-refractivity contribution in [2.75, 3.05) is 0 Å². The van der Waals surface area contributed by atoms with Crippen LogP contribution in [0.5, 0.6) is 0 Å². The van der Waals surface area contributed by atoms with Gasteiger partial charge in [-0.1, -0.05) is 30.7 Å². The van der Waals surface area contributed by atoms with E-state index in [1.165, 1.54) is 19.3 Å². The first-order valence-corrected chi connectivity index (χ1v) is 4.71. The smallest absolute Gasteiger partial charge is 0.0766 e. The Kier molecular flexibility index (Phi) is 2.68. The molecule has 0 aromatic rings. The SMILES string of the molecule is [B]C([B])(S)C1(C)CCCCC1. The van der Waals surface area contributed by atoms with Crippen molar-refractivity contribution in [2.24, 2.45) is 5.41 Å². The van der Waals surface area contributed by atoms with Crippen LogP contribution < -0.4 is 0 Å². The summed E-state index contributed by atoms with van der Waals surface area (Å²) in [5, 5.41) is 0. The van der Waals surface area contributed by atoms with Crippen LogP contribution in [-0.2, 0) is 0 Å². The second-order valence-electron chi connectivity index (χ2n) is 3.95. The van der Waals surface area contributed by atoms with E-state index >= 15 is 0 Å². The Hall–Kier alpha value is 0.480. The third kappa shape index (κ3) is 1.99. The van der Waals surface area contributed by atoms with Gasteiger partial charge in [0.2, 0.25) is 0 Å². The summed E-state index contributed by atoms with van der Waals surface area (Å²) in [5.74, 6) is 0. The first kappa shape index (κ1) is 9.57. The molecule has 0 N–H and O–H groups in total. The lowest BCUT2D eigenvalue weighted by atomic mass is 9.50. The van der Waals surface area contributed by atoms with E-state index in [1.807, 2.05) is 0 Å². The highest BCUT2D eigenvalue weighted by Gasteiger charge is 2.37. The van der Waals surface area contributed by atoms with Crippen LogP contribution in [0.25, 0.3) is 0 Å². The van der Waals surface area contributed by atoms with Gasteiger partial charge in [0.1, 0.15) is 0 Å². The number of hydrogen-bond donors (Lipinski definition) is 1. The highest BCUT2D eigenvalue weighted by molar-refractivity contribution is 7.84. The average molecular weight is 164 g/mol. The lowest BCUT2D eigenvalue weighted by molar-refractivity contribution is 0.224. The fourth-order valence-corrected chi connectivity index (χ4v) is 1.96. The fraction of sp³-hybridized carbons (Fsp3) is 1.00. The van der Waals surface area contributed by atoms with E-state index in [0.29, 0.717) is 0 Å². The van der Waals surface area contributed by atoms with E-state index in [0.717, 1.165) is 12.8 Å². The minimum atomic E-state index is -0.798. The molecule has 1 aliphatic carbocycles. The number of hydrogen-bond acceptors (Lipinski definition) is 1. The molecule has 3 heteroatoms. The molecular weight excluding hydrogens is 150 g/mol. The van der Waals surface area contributed by atoms with E-state index in [4.69, 9.17) is 15.7 Å². The van der Waals surface area contributed by atoms with Gasteiger partial charge >= 0.3 is 0 Å². The summed E-state index contributed by atoms with van der Waals surface area (Å²) in [6.07, 6.45) is 6.03. The van der Waals surface area contributed by atoms with Crippen molar-refractivity contribution in [1.29, 1.82) is 0 Å². The van der Waals surface area contributed by atoms with Crippen LogP contribution in [0, 0.1) is 5.41 Å². The van der Waals surface area contributed by atoms with Crippen molar-refractivity contribution in [3.8, 4) is 0 Å². The van der Waals surface area contributed by atoms with E-state index in [-0.39, 0.29) is 5.41 Å². The van der Waals surface area contributed by atoms with Gasteiger partial charge in [0.25, 0.3) is 0 Å². The van der Waals surface area contributed by atoms with Crippen molar-refractivity contribution in [1.82, 2.24) is 0 Å². The van der Waals surface area contributed by atoms with Crippen LogP contribution in [0.4, 0.5) is 0 Å². The Morgan fingerprint density at radius 1 is 1.18 bits per heavy atom. The van der Waals surface area contributed by atoms with Gasteiger partial charge in [0.15, 0.2) is 0 Å². The Labute approximate surface area is 77.7 Å². The van der Waals surface area contributed by atoms with Gasteiger partial charge in [0, 0.05) is 0 Å². The molecule has 1 fully saturated rings. The van der Waals surface area contributed by atoms with Gasteiger partial charge in [0.05, 0.1) is 15.7 Å². The molecule has 1 rings (SSSR count). The first-order valence-electron chi connectivity index (χ1n) is 4.26. The van der Waals surface area contributed by atoms with E-state index in [1.54, 1.807) is 0 Å². The van der Waals surface area contributed by atoms with Gasteiger partial charge in [-0.25, -0.2) is 0 Å². The molecule has 0 amide bonds. The maximum atomic E-state index is 5.79. The first-order chi connectivity index (χ1) is 4.96. The number of thiol groups is 1. The molecule has 4 radical (unpaired) electrons. The molecule has 0 aliphatic heterocycles.